The first kappa shape index (κ1) is 13.5. The molecule has 94 valence electrons. The lowest BCUT2D eigenvalue weighted by Gasteiger charge is -2.30. The maximum Gasteiger partial charge on any atom is 0.309 e. The minimum atomic E-state index is -0.106. The zero-order valence-corrected chi connectivity index (χ0v) is 11.0. The van der Waals surface area contributed by atoms with E-state index in [1.807, 2.05) is 6.92 Å². The van der Waals surface area contributed by atoms with Gasteiger partial charge in [-0.1, -0.05) is 19.8 Å². The van der Waals surface area contributed by atoms with E-state index in [9.17, 15) is 4.79 Å². The minimum absolute atomic E-state index is 0.0450. The quantitative estimate of drug-likeness (QED) is 0.675. The molecule has 1 aliphatic rings. The van der Waals surface area contributed by atoms with Gasteiger partial charge in [-0.15, -0.1) is 0 Å². The van der Waals surface area contributed by atoms with Crippen molar-refractivity contribution in [1.29, 1.82) is 0 Å². The lowest BCUT2D eigenvalue weighted by Crippen LogP contribution is -2.40. The van der Waals surface area contributed by atoms with Crippen LogP contribution in [0.4, 0.5) is 0 Å². The maximum atomic E-state index is 11.4. The lowest BCUT2D eigenvalue weighted by molar-refractivity contribution is -0.146. The van der Waals surface area contributed by atoms with Gasteiger partial charge in [-0.2, -0.15) is 0 Å². The molecular weight excluding hydrogens is 202 g/mol. The van der Waals surface area contributed by atoms with Crippen molar-refractivity contribution in [2.24, 2.45) is 11.8 Å². The van der Waals surface area contributed by atoms with Gasteiger partial charge in [0.1, 0.15) is 0 Å². The molecule has 0 saturated heterocycles. The molecule has 0 amide bonds. The number of hydrogen-bond acceptors (Lipinski definition) is 3. The van der Waals surface area contributed by atoms with Gasteiger partial charge in [-0.3, -0.25) is 4.79 Å². The van der Waals surface area contributed by atoms with Crippen molar-refractivity contribution in [3.63, 3.8) is 0 Å². The van der Waals surface area contributed by atoms with Crippen LogP contribution in [0.5, 0.6) is 0 Å². The van der Waals surface area contributed by atoms with Gasteiger partial charge in [0.15, 0.2) is 0 Å². The number of esters is 1. The van der Waals surface area contributed by atoms with E-state index >= 15 is 0 Å². The van der Waals surface area contributed by atoms with E-state index in [1.54, 1.807) is 0 Å². The van der Waals surface area contributed by atoms with Crippen LogP contribution >= 0.6 is 0 Å². The highest BCUT2D eigenvalue weighted by molar-refractivity contribution is 5.72. The van der Waals surface area contributed by atoms with Crippen molar-refractivity contribution >= 4 is 5.97 Å². The average molecular weight is 227 g/mol. The number of carbonyl (C=O) groups is 1. The van der Waals surface area contributed by atoms with Crippen molar-refractivity contribution in [2.75, 3.05) is 20.7 Å². The summed E-state index contributed by atoms with van der Waals surface area (Å²) >= 11 is 0. The average Bonchev–Trinajstić information content (AvgIpc) is 2.78. The Morgan fingerprint density at radius 1 is 1.38 bits per heavy atom. The Kier molecular flexibility index (Phi) is 5.26. The van der Waals surface area contributed by atoms with E-state index in [-0.39, 0.29) is 17.9 Å². The Labute approximate surface area is 99.1 Å². The summed E-state index contributed by atoms with van der Waals surface area (Å²) in [5.74, 6) is 0.680. The third-order valence-corrected chi connectivity index (χ3v) is 4.01. The zero-order valence-electron chi connectivity index (χ0n) is 11.0. The Bertz CT molecular complexity index is 224. The summed E-state index contributed by atoms with van der Waals surface area (Å²) in [6, 6.07) is 0.257. The fourth-order valence-corrected chi connectivity index (χ4v) is 2.53. The van der Waals surface area contributed by atoms with Crippen molar-refractivity contribution < 1.29 is 9.53 Å². The van der Waals surface area contributed by atoms with E-state index in [0.717, 1.165) is 12.5 Å². The van der Waals surface area contributed by atoms with Crippen molar-refractivity contribution in [3.05, 3.63) is 0 Å². The Balaban J connectivity index is 2.39. The van der Waals surface area contributed by atoms with Gasteiger partial charge in [0.25, 0.3) is 0 Å². The van der Waals surface area contributed by atoms with E-state index in [0.29, 0.717) is 0 Å². The molecular formula is C13H25NO2. The first-order chi connectivity index (χ1) is 7.56. The SMILES string of the molecule is COC(=O)C(C)C(C)N(C)CC1CCCC1. The monoisotopic (exact) mass is 227 g/mol. The normalized spacial score (nSPS) is 21.1. The number of rotatable bonds is 5. The molecule has 1 saturated carbocycles. The van der Waals surface area contributed by atoms with E-state index in [4.69, 9.17) is 4.74 Å². The van der Waals surface area contributed by atoms with E-state index in [1.165, 1.54) is 32.8 Å². The summed E-state index contributed by atoms with van der Waals surface area (Å²) in [6.45, 7) is 5.17. The van der Waals surface area contributed by atoms with Crippen LogP contribution < -0.4 is 0 Å². The molecule has 3 nitrogen and oxygen atoms in total. The smallest absolute Gasteiger partial charge is 0.309 e. The molecule has 0 aromatic carbocycles. The summed E-state index contributed by atoms with van der Waals surface area (Å²) in [5, 5.41) is 0. The summed E-state index contributed by atoms with van der Waals surface area (Å²) in [7, 11) is 3.57. The van der Waals surface area contributed by atoms with Gasteiger partial charge in [-0.25, -0.2) is 0 Å². The molecule has 3 heteroatoms. The molecule has 0 aromatic rings. The van der Waals surface area contributed by atoms with Crippen LogP contribution in [0.3, 0.4) is 0 Å². The van der Waals surface area contributed by atoms with Crippen LogP contribution in [0, 0.1) is 11.8 Å². The van der Waals surface area contributed by atoms with Gasteiger partial charge < -0.3 is 9.64 Å². The zero-order chi connectivity index (χ0) is 12.1. The fourth-order valence-electron chi connectivity index (χ4n) is 2.53. The van der Waals surface area contributed by atoms with Crippen LogP contribution in [-0.4, -0.2) is 37.6 Å². The predicted molar refractivity (Wildman–Crippen MR) is 65.2 cm³/mol. The molecule has 0 aromatic heterocycles. The molecule has 2 unspecified atom stereocenters. The lowest BCUT2D eigenvalue weighted by atomic mass is 10.0. The molecule has 0 aliphatic heterocycles. The van der Waals surface area contributed by atoms with Gasteiger partial charge in [0.05, 0.1) is 13.0 Å². The molecule has 1 fully saturated rings. The largest absolute Gasteiger partial charge is 0.469 e. The van der Waals surface area contributed by atoms with Crippen molar-refractivity contribution in [1.82, 2.24) is 4.90 Å². The summed E-state index contributed by atoms with van der Waals surface area (Å²) < 4.78 is 4.79. The molecule has 1 aliphatic carbocycles. The predicted octanol–water partition coefficient (Wildman–Crippen LogP) is 2.31. The third kappa shape index (κ3) is 3.48. The molecule has 0 spiro atoms. The van der Waals surface area contributed by atoms with Crippen LogP contribution in [-0.2, 0) is 9.53 Å². The van der Waals surface area contributed by atoms with Gasteiger partial charge in [0, 0.05) is 12.6 Å². The molecule has 0 heterocycles. The highest BCUT2D eigenvalue weighted by atomic mass is 16.5. The van der Waals surface area contributed by atoms with Crippen LogP contribution in [0.25, 0.3) is 0 Å². The standard InChI is InChI=1S/C13H25NO2/c1-10(13(15)16-4)11(2)14(3)9-12-7-5-6-8-12/h10-12H,5-9H2,1-4H3. The molecule has 16 heavy (non-hydrogen) atoms. The van der Waals surface area contributed by atoms with E-state index < -0.39 is 0 Å². The van der Waals surface area contributed by atoms with Crippen LogP contribution in [0.15, 0.2) is 0 Å². The number of hydrogen-bond donors (Lipinski definition) is 0. The van der Waals surface area contributed by atoms with Crippen molar-refractivity contribution in [2.45, 2.75) is 45.6 Å². The number of carbonyl (C=O) groups excluding carboxylic acids is 1. The second kappa shape index (κ2) is 6.24. The molecule has 0 radical (unpaired) electrons. The maximum absolute atomic E-state index is 11.4. The first-order valence-electron chi connectivity index (χ1n) is 6.34. The fraction of sp³-hybridized carbons (Fsp3) is 0.923. The Morgan fingerprint density at radius 2 is 1.94 bits per heavy atom. The third-order valence-electron chi connectivity index (χ3n) is 4.01. The Morgan fingerprint density at radius 3 is 2.44 bits per heavy atom. The van der Waals surface area contributed by atoms with Gasteiger partial charge >= 0.3 is 5.97 Å². The second-order valence-electron chi connectivity index (χ2n) is 5.14. The second-order valence-corrected chi connectivity index (χ2v) is 5.14. The minimum Gasteiger partial charge on any atom is -0.469 e. The number of methoxy groups -OCH3 is 1. The highest BCUT2D eigenvalue weighted by Crippen LogP contribution is 2.26. The first-order valence-corrected chi connectivity index (χ1v) is 6.34. The van der Waals surface area contributed by atoms with Gasteiger partial charge in [-0.05, 0) is 32.7 Å². The number of ether oxygens (including phenoxy) is 1. The topological polar surface area (TPSA) is 29.5 Å². The molecule has 2 atom stereocenters. The number of nitrogens with zero attached hydrogens (tertiary/aromatic N) is 1. The summed E-state index contributed by atoms with van der Waals surface area (Å²) in [6.07, 6.45) is 5.45. The molecule has 0 N–H and O–H groups in total. The summed E-state index contributed by atoms with van der Waals surface area (Å²) in [4.78, 5) is 13.7. The summed E-state index contributed by atoms with van der Waals surface area (Å²) in [5.41, 5.74) is 0. The molecule has 1 rings (SSSR count). The Hall–Kier alpha value is -0.570. The van der Waals surface area contributed by atoms with Gasteiger partial charge in [0.2, 0.25) is 0 Å². The highest BCUT2D eigenvalue weighted by Gasteiger charge is 2.26. The van der Waals surface area contributed by atoms with Crippen LogP contribution in [0.2, 0.25) is 0 Å². The molecule has 0 bridgehead atoms. The van der Waals surface area contributed by atoms with Crippen LogP contribution in [0.1, 0.15) is 39.5 Å². The van der Waals surface area contributed by atoms with Crippen molar-refractivity contribution in [3.8, 4) is 0 Å². The van der Waals surface area contributed by atoms with E-state index in [2.05, 4.69) is 18.9 Å².